The van der Waals surface area contributed by atoms with Crippen LogP contribution in [0.1, 0.15) is 51.3 Å². The number of urea groups is 1. The molecule has 2 aliphatic rings. The number of hydrogen-bond acceptors (Lipinski definition) is 4. The van der Waals surface area contributed by atoms with Gasteiger partial charge in [0.1, 0.15) is 5.76 Å². The molecule has 0 aromatic carbocycles. The maximum absolute atomic E-state index is 12.3. The molecule has 26 heavy (non-hydrogen) atoms. The number of hydrogen-bond donors (Lipinski definition) is 2. The van der Waals surface area contributed by atoms with Crippen molar-refractivity contribution in [3.8, 4) is 0 Å². The van der Waals surface area contributed by atoms with Crippen LogP contribution in [0.3, 0.4) is 0 Å². The molecule has 2 aliphatic heterocycles. The van der Waals surface area contributed by atoms with Crippen LogP contribution in [0.15, 0.2) is 22.8 Å². The summed E-state index contributed by atoms with van der Waals surface area (Å²) >= 11 is 0. The molecular formula is C20H34N4O2. The zero-order valence-electron chi connectivity index (χ0n) is 16.2. The lowest BCUT2D eigenvalue weighted by atomic mass is 9.98. The summed E-state index contributed by atoms with van der Waals surface area (Å²) in [4.78, 5) is 17.2. The monoisotopic (exact) mass is 362 g/mol. The van der Waals surface area contributed by atoms with Crippen molar-refractivity contribution in [3.05, 3.63) is 24.2 Å². The number of carbonyl (C=O) groups excluding carboxylic acids is 1. The van der Waals surface area contributed by atoms with Gasteiger partial charge >= 0.3 is 6.03 Å². The van der Waals surface area contributed by atoms with Gasteiger partial charge in [-0.1, -0.05) is 6.92 Å². The van der Waals surface area contributed by atoms with Gasteiger partial charge in [0.2, 0.25) is 0 Å². The van der Waals surface area contributed by atoms with Gasteiger partial charge in [-0.3, -0.25) is 9.80 Å². The van der Waals surface area contributed by atoms with Crippen molar-refractivity contribution in [2.45, 2.75) is 51.6 Å². The largest absolute Gasteiger partial charge is 0.468 e. The molecule has 0 aliphatic carbocycles. The molecule has 146 valence electrons. The van der Waals surface area contributed by atoms with Gasteiger partial charge in [0.05, 0.1) is 12.3 Å². The quantitative estimate of drug-likeness (QED) is 0.783. The minimum atomic E-state index is -0.0852. The van der Waals surface area contributed by atoms with Crippen molar-refractivity contribution in [2.24, 2.45) is 5.92 Å². The Balaban J connectivity index is 1.42. The van der Waals surface area contributed by atoms with Crippen molar-refractivity contribution in [2.75, 3.05) is 39.3 Å². The summed E-state index contributed by atoms with van der Waals surface area (Å²) in [6.07, 6.45) is 6.67. The highest BCUT2D eigenvalue weighted by Crippen LogP contribution is 2.24. The highest BCUT2D eigenvalue weighted by molar-refractivity contribution is 5.73. The van der Waals surface area contributed by atoms with Crippen molar-refractivity contribution >= 4 is 6.03 Å². The number of piperidine rings is 1. The van der Waals surface area contributed by atoms with E-state index in [0.29, 0.717) is 19.1 Å². The highest BCUT2D eigenvalue weighted by atomic mass is 16.3. The minimum Gasteiger partial charge on any atom is -0.468 e. The average Bonchev–Trinajstić information content (AvgIpc) is 3.35. The van der Waals surface area contributed by atoms with Gasteiger partial charge in [-0.25, -0.2) is 4.79 Å². The molecule has 2 N–H and O–H groups in total. The van der Waals surface area contributed by atoms with Gasteiger partial charge < -0.3 is 15.1 Å². The Morgan fingerprint density at radius 2 is 1.85 bits per heavy atom. The molecular weight excluding hydrogens is 328 g/mol. The van der Waals surface area contributed by atoms with E-state index in [9.17, 15) is 4.79 Å². The predicted molar refractivity (Wildman–Crippen MR) is 103 cm³/mol. The Hall–Kier alpha value is -1.53. The van der Waals surface area contributed by atoms with Crippen molar-refractivity contribution < 1.29 is 9.21 Å². The molecule has 0 saturated carbocycles. The highest BCUT2D eigenvalue weighted by Gasteiger charge is 2.26. The van der Waals surface area contributed by atoms with Crippen LogP contribution >= 0.6 is 0 Å². The zero-order valence-corrected chi connectivity index (χ0v) is 16.2. The van der Waals surface area contributed by atoms with E-state index in [-0.39, 0.29) is 12.1 Å². The van der Waals surface area contributed by atoms with Crippen LogP contribution in [0.25, 0.3) is 0 Å². The SMILES string of the molecule is CC1CCN(C(C)CNC(=O)NCC(c2ccco2)N2CCCC2)CC1. The summed E-state index contributed by atoms with van der Waals surface area (Å²) in [6.45, 7) is 10.2. The summed E-state index contributed by atoms with van der Waals surface area (Å²) < 4.78 is 5.61. The summed E-state index contributed by atoms with van der Waals surface area (Å²) in [5, 5.41) is 6.08. The molecule has 0 spiro atoms. The number of furan rings is 1. The first-order chi connectivity index (χ1) is 12.6. The molecule has 0 radical (unpaired) electrons. The molecule has 1 aromatic heterocycles. The topological polar surface area (TPSA) is 60.8 Å². The second-order valence-corrected chi connectivity index (χ2v) is 7.93. The summed E-state index contributed by atoms with van der Waals surface area (Å²) in [5.41, 5.74) is 0. The van der Waals surface area contributed by atoms with Crippen molar-refractivity contribution in [1.82, 2.24) is 20.4 Å². The maximum Gasteiger partial charge on any atom is 0.314 e. The molecule has 3 rings (SSSR count). The van der Waals surface area contributed by atoms with E-state index in [1.165, 1.54) is 25.7 Å². The number of nitrogens with zero attached hydrogens (tertiary/aromatic N) is 2. The van der Waals surface area contributed by atoms with Crippen LogP contribution in [-0.4, -0.2) is 61.1 Å². The molecule has 2 unspecified atom stereocenters. The van der Waals surface area contributed by atoms with E-state index in [0.717, 1.165) is 37.9 Å². The second kappa shape index (κ2) is 9.42. The maximum atomic E-state index is 12.3. The number of likely N-dealkylation sites (tertiary alicyclic amines) is 2. The minimum absolute atomic E-state index is 0.0852. The fourth-order valence-corrected chi connectivity index (χ4v) is 4.03. The van der Waals surface area contributed by atoms with E-state index in [1.54, 1.807) is 6.26 Å². The molecule has 0 bridgehead atoms. The van der Waals surface area contributed by atoms with E-state index in [2.05, 4.69) is 34.3 Å². The Bertz CT molecular complexity index is 534. The second-order valence-electron chi connectivity index (χ2n) is 7.93. The van der Waals surface area contributed by atoms with Crippen LogP contribution in [0, 0.1) is 5.92 Å². The smallest absolute Gasteiger partial charge is 0.314 e. The van der Waals surface area contributed by atoms with Crippen molar-refractivity contribution in [3.63, 3.8) is 0 Å². The van der Waals surface area contributed by atoms with Gasteiger partial charge in [-0.15, -0.1) is 0 Å². The third-order valence-corrected chi connectivity index (χ3v) is 5.91. The number of nitrogens with one attached hydrogen (secondary N) is 2. The van der Waals surface area contributed by atoms with E-state index in [4.69, 9.17) is 4.42 Å². The lowest BCUT2D eigenvalue weighted by Crippen LogP contribution is -2.48. The van der Waals surface area contributed by atoms with Crippen LogP contribution < -0.4 is 10.6 Å². The molecule has 6 heteroatoms. The molecule has 2 fully saturated rings. The summed E-state index contributed by atoms with van der Waals surface area (Å²) in [5.74, 6) is 1.77. The fourth-order valence-electron chi connectivity index (χ4n) is 4.03. The van der Waals surface area contributed by atoms with E-state index >= 15 is 0 Å². The Morgan fingerprint density at radius 1 is 1.15 bits per heavy atom. The Labute approximate surface area is 157 Å². The number of rotatable bonds is 7. The lowest BCUT2D eigenvalue weighted by Gasteiger charge is -2.35. The lowest BCUT2D eigenvalue weighted by molar-refractivity contribution is 0.145. The number of carbonyl (C=O) groups is 1. The predicted octanol–water partition coefficient (Wildman–Crippen LogP) is 2.84. The van der Waals surface area contributed by atoms with Gasteiger partial charge in [0.25, 0.3) is 0 Å². The standard InChI is InChI=1S/C20H34N4O2/c1-16-7-11-23(12-8-16)17(2)14-21-20(25)22-15-18(19-6-5-13-26-19)24-9-3-4-10-24/h5-6,13,16-18H,3-4,7-12,14-15H2,1-2H3,(H2,21,22,25). The number of amides is 2. The third-order valence-electron chi connectivity index (χ3n) is 5.91. The van der Waals surface area contributed by atoms with Crippen LogP contribution in [-0.2, 0) is 0 Å². The van der Waals surface area contributed by atoms with Gasteiger partial charge in [-0.05, 0) is 76.8 Å². The van der Waals surface area contributed by atoms with Crippen LogP contribution in [0.2, 0.25) is 0 Å². The van der Waals surface area contributed by atoms with E-state index < -0.39 is 0 Å². The molecule has 2 saturated heterocycles. The normalized spacial score (nSPS) is 22.2. The van der Waals surface area contributed by atoms with Gasteiger partial charge in [0.15, 0.2) is 0 Å². The van der Waals surface area contributed by atoms with Crippen molar-refractivity contribution in [1.29, 1.82) is 0 Å². The van der Waals surface area contributed by atoms with E-state index in [1.807, 2.05) is 12.1 Å². The molecule has 1 aromatic rings. The first-order valence-electron chi connectivity index (χ1n) is 10.2. The van der Waals surface area contributed by atoms with Gasteiger partial charge in [-0.2, -0.15) is 0 Å². The fraction of sp³-hybridized carbons (Fsp3) is 0.750. The Kier molecular flexibility index (Phi) is 6.97. The van der Waals surface area contributed by atoms with Crippen LogP contribution in [0.5, 0.6) is 0 Å². The first-order valence-corrected chi connectivity index (χ1v) is 10.2. The first kappa shape index (κ1) is 19.2. The molecule has 3 heterocycles. The average molecular weight is 363 g/mol. The Morgan fingerprint density at radius 3 is 2.50 bits per heavy atom. The summed E-state index contributed by atoms with van der Waals surface area (Å²) in [7, 11) is 0. The molecule has 2 atom stereocenters. The third kappa shape index (κ3) is 5.24. The van der Waals surface area contributed by atoms with Gasteiger partial charge in [0, 0.05) is 19.1 Å². The zero-order chi connectivity index (χ0) is 18.4. The van der Waals surface area contributed by atoms with Crippen LogP contribution in [0.4, 0.5) is 4.79 Å². The molecule has 6 nitrogen and oxygen atoms in total. The molecule has 2 amide bonds. The summed E-state index contributed by atoms with van der Waals surface area (Å²) in [6, 6.07) is 4.34.